The molecular formula is C33H46N6O3. The van der Waals surface area contributed by atoms with Gasteiger partial charge in [0.25, 0.3) is 5.91 Å². The van der Waals surface area contributed by atoms with Gasteiger partial charge in [0.2, 0.25) is 0 Å². The van der Waals surface area contributed by atoms with Crippen molar-refractivity contribution < 1.29 is 14.6 Å². The number of carbonyl (C=O) groups is 1. The van der Waals surface area contributed by atoms with Gasteiger partial charge in [0.05, 0.1) is 11.8 Å². The Bertz CT molecular complexity index is 1270. The first-order valence-corrected chi connectivity index (χ1v) is 15.3. The van der Waals surface area contributed by atoms with Crippen LogP contribution in [0, 0.1) is 5.92 Å². The minimum absolute atomic E-state index is 0.0873. The van der Waals surface area contributed by atoms with Crippen LogP contribution in [0.25, 0.3) is 5.70 Å². The summed E-state index contributed by atoms with van der Waals surface area (Å²) in [5.41, 5.74) is 21.7. The van der Waals surface area contributed by atoms with E-state index in [9.17, 15) is 9.90 Å². The van der Waals surface area contributed by atoms with E-state index in [0.717, 1.165) is 37.7 Å². The number of nitrogens with zero attached hydrogens (tertiary/aromatic N) is 3. The highest BCUT2D eigenvalue weighted by molar-refractivity contribution is 5.94. The van der Waals surface area contributed by atoms with Crippen molar-refractivity contribution in [1.82, 2.24) is 14.7 Å². The fourth-order valence-electron chi connectivity index (χ4n) is 6.52. The standard InChI is InChI=1S/C33H46N6O3/c1-23-20-39(29(32(35)36)19-28(34)27-9-5-6-10-30(27)40)22-31(42-23)25-11-13-26(14-12-25)33(41)38-17-15-37(16-18-38)21-24-7-3-2-4-8-24/h5-6,9-14,19,23-24,31,40H,2-4,7-8,15-18,20-22,34-36H2,1H3/b28-19-. The van der Waals surface area contributed by atoms with Crippen molar-refractivity contribution in [2.75, 3.05) is 45.8 Å². The lowest BCUT2D eigenvalue weighted by Gasteiger charge is -2.39. The van der Waals surface area contributed by atoms with Crippen LogP contribution in [0.15, 0.2) is 66.1 Å². The van der Waals surface area contributed by atoms with Crippen LogP contribution in [-0.4, -0.2) is 77.6 Å². The van der Waals surface area contributed by atoms with Gasteiger partial charge < -0.3 is 36.8 Å². The molecule has 9 nitrogen and oxygen atoms in total. The normalized spacial score (nSPS) is 22.6. The van der Waals surface area contributed by atoms with Crippen LogP contribution in [0.3, 0.4) is 0 Å². The summed E-state index contributed by atoms with van der Waals surface area (Å²) in [5.74, 6) is 1.14. The molecule has 42 heavy (non-hydrogen) atoms. The average molecular weight is 575 g/mol. The van der Waals surface area contributed by atoms with E-state index in [4.69, 9.17) is 21.9 Å². The molecule has 2 heterocycles. The fourth-order valence-corrected chi connectivity index (χ4v) is 6.52. The first-order valence-electron chi connectivity index (χ1n) is 15.3. The second-order valence-corrected chi connectivity index (χ2v) is 12.0. The molecule has 2 aromatic carbocycles. The lowest BCUT2D eigenvalue weighted by Crippen LogP contribution is -2.49. The number of piperazine rings is 1. The van der Waals surface area contributed by atoms with E-state index >= 15 is 0 Å². The number of hydrogen-bond acceptors (Lipinski definition) is 8. The Morgan fingerprint density at radius 1 is 0.929 bits per heavy atom. The molecule has 2 aliphatic heterocycles. The first-order chi connectivity index (χ1) is 20.3. The number of nitrogens with two attached hydrogens (primary N) is 3. The first kappa shape index (κ1) is 29.8. The summed E-state index contributed by atoms with van der Waals surface area (Å²) in [6, 6.07) is 14.7. The summed E-state index contributed by atoms with van der Waals surface area (Å²) in [7, 11) is 0. The van der Waals surface area contributed by atoms with Crippen molar-refractivity contribution in [3.63, 3.8) is 0 Å². The Labute approximate surface area is 249 Å². The highest BCUT2D eigenvalue weighted by Crippen LogP contribution is 2.30. The zero-order valence-corrected chi connectivity index (χ0v) is 24.8. The van der Waals surface area contributed by atoms with Gasteiger partial charge in [-0.15, -0.1) is 0 Å². The molecule has 1 saturated carbocycles. The van der Waals surface area contributed by atoms with Crippen LogP contribution >= 0.6 is 0 Å². The fraction of sp³-hybridized carbons (Fsp3) is 0.485. The molecule has 2 atom stereocenters. The van der Waals surface area contributed by atoms with E-state index in [1.54, 1.807) is 24.3 Å². The van der Waals surface area contributed by atoms with Gasteiger partial charge in [-0.1, -0.05) is 43.5 Å². The molecule has 0 spiro atoms. The SMILES string of the molecule is CC1CN(C(/C=C(\N)c2ccccc2O)=C(N)N)CC(c2ccc(C(=O)N3CCN(CC4CCCCC4)CC3)cc2)O1. The topological polar surface area (TPSA) is 134 Å². The number of phenols is 1. The van der Waals surface area contributed by atoms with Crippen LogP contribution in [0.4, 0.5) is 0 Å². The van der Waals surface area contributed by atoms with Crippen LogP contribution in [-0.2, 0) is 4.74 Å². The number of phenolic OH excluding ortho intramolecular Hbond substituents is 1. The van der Waals surface area contributed by atoms with Gasteiger partial charge in [0, 0.05) is 62.6 Å². The molecule has 1 aliphatic carbocycles. The average Bonchev–Trinajstić information content (AvgIpc) is 3.00. The third-order valence-corrected chi connectivity index (χ3v) is 8.83. The number of amides is 1. The highest BCUT2D eigenvalue weighted by atomic mass is 16.5. The summed E-state index contributed by atoms with van der Waals surface area (Å²) >= 11 is 0. The second-order valence-electron chi connectivity index (χ2n) is 12.0. The zero-order valence-electron chi connectivity index (χ0n) is 24.8. The van der Waals surface area contributed by atoms with Gasteiger partial charge in [-0.25, -0.2) is 0 Å². The lowest BCUT2D eigenvalue weighted by atomic mass is 9.89. The van der Waals surface area contributed by atoms with Gasteiger partial charge in [-0.3, -0.25) is 9.69 Å². The number of hydrogen-bond donors (Lipinski definition) is 4. The van der Waals surface area contributed by atoms with Gasteiger partial charge >= 0.3 is 0 Å². The number of morpholine rings is 1. The van der Waals surface area contributed by atoms with Crippen molar-refractivity contribution >= 4 is 11.6 Å². The number of carbonyl (C=O) groups excluding carboxylic acids is 1. The smallest absolute Gasteiger partial charge is 0.253 e. The van der Waals surface area contributed by atoms with Crippen LogP contribution < -0.4 is 17.2 Å². The number of allylic oxidation sites excluding steroid dienone is 1. The third kappa shape index (κ3) is 7.20. The molecular weight excluding hydrogens is 528 g/mol. The Hall–Kier alpha value is -3.69. The van der Waals surface area contributed by atoms with E-state index in [0.29, 0.717) is 35.6 Å². The molecule has 2 saturated heterocycles. The molecule has 3 fully saturated rings. The van der Waals surface area contributed by atoms with Crippen LogP contribution in [0.2, 0.25) is 0 Å². The third-order valence-electron chi connectivity index (χ3n) is 8.83. The molecule has 7 N–H and O–H groups in total. The summed E-state index contributed by atoms with van der Waals surface area (Å²) in [6.45, 7) is 7.73. The lowest BCUT2D eigenvalue weighted by molar-refractivity contribution is -0.0683. The molecule has 9 heteroatoms. The van der Waals surface area contributed by atoms with E-state index in [2.05, 4.69) is 9.80 Å². The van der Waals surface area contributed by atoms with Crippen molar-refractivity contribution in [3.8, 4) is 5.75 Å². The Kier molecular flexibility index (Phi) is 9.59. The van der Waals surface area contributed by atoms with Crippen LogP contribution in [0.5, 0.6) is 5.75 Å². The largest absolute Gasteiger partial charge is 0.507 e. The summed E-state index contributed by atoms with van der Waals surface area (Å²) in [4.78, 5) is 19.9. The quantitative estimate of drug-likeness (QED) is 0.369. The maximum absolute atomic E-state index is 13.3. The van der Waals surface area contributed by atoms with Crippen LogP contribution in [0.1, 0.15) is 66.6 Å². The predicted octanol–water partition coefficient (Wildman–Crippen LogP) is 3.58. The second kappa shape index (κ2) is 13.5. The summed E-state index contributed by atoms with van der Waals surface area (Å²) < 4.78 is 6.29. The number of ether oxygens (including phenoxy) is 1. The number of aromatic hydroxyl groups is 1. The monoisotopic (exact) mass is 574 g/mol. The summed E-state index contributed by atoms with van der Waals surface area (Å²) in [5, 5.41) is 10.2. The highest BCUT2D eigenvalue weighted by Gasteiger charge is 2.29. The predicted molar refractivity (Wildman–Crippen MR) is 166 cm³/mol. The Morgan fingerprint density at radius 2 is 1.62 bits per heavy atom. The maximum atomic E-state index is 13.3. The Balaban J connectivity index is 1.21. The van der Waals surface area contributed by atoms with E-state index in [-0.39, 0.29) is 29.7 Å². The number of benzene rings is 2. The Morgan fingerprint density at radius 3 is 2.29 bits per heavy atom. The minimum atomic E-state index is -0.240. The van der Waals surface area contributed by atoms with Crippen molar-refractivity contribution in [1.29, 1.82) is 0 Å². The molecule has 0 aromatic heterocycles. The molecule has 2 unspecified atom stereocenters. The molecule has 5 rings (SSSR count). The van der Waals surface area contributed by atoms with E-state index in [1.165, 1.54) is 38.6 Å². The molecule has 0 radical (unpaired) electrons. The van der Waals surface area contributed by atoms with Gasteiger partial charge in [-0.05, 0) is 61.6 Å². The number of para-hydroxylation sites is 1. The summed E-state index contributed by atoms with van der Waals surface area (Å²) in [6.07, 6.45) is 8.20. The zero-order chi connectivity index (χ0) is 29.6. The van der Waals surface area contributed by atoms with Gasteiger partial charge in [0.1, 0.15) is 17.7 Å². The molecule has 1 amide bonds. The van der Waals surface area contributed by atoms with E-state index < -0.39 is 0 Å². The van der Waals surface area contributed by atoms with E-state index in [1.807, 2.05) is 42.2 Å². The molecule has 0 bridgehead atoms. The van der Waals surface area contributed by atoms with Crippen molar-refractivity contribution in [2.24, 2.45) is 23.1 Å². The van der Waals surface area contributed by atoms with Crippen molar-refractivity contribution in [2.45, 2.75) is 51.2 Å². The molecule has 2 aromatic rings. The molecule has 226 valence electrons. The minimum Gasteiger partial charge on any atom is -0.507 e. The maximum Gasteiger partial charge on any atom is 0.253 e. The number of rotatable bonds is 7. The van der Waals surface area contributed by atoms with Gasteiger partial charge in [0.15, 0.2) is 0 Å². The molecule has 3 aliphatic rings. The van der Waals surface area contributed by atoms with Gasteiger partial charge in [-0.2, -0.15) is 0 Å². The van der Waals surface area contributed by atoms with Crippen molar-refractivity contribution in [3.05, 3.63) is 82.8 Å².